The zero-order valence-corrected chi connectivity index (χ0v) is 17.6. The minimum absolute atomic E-state index is 0. The molecular formula is C12H15Br3Cl2F2N2O. The molecule has 1 saturated heterocycles. The van der Waals surface area contributed by atoms with E-state index in [0.29, 0.717) is 45.2 Å². The normalized spacial score (nSPS) is 16.8. The van der Waals surface area contributed by atoms with Crippen LogP contribution in [0.4, 0.5) is 8.78 Å². The quantitative estimate of drug-likeness (QED) is 0.570. The van der Waals surface area contributed by atoms with E-state index >= 15 is 0 Å². The molecule has 1 aliphatic heterocycles. The van der Waals surface area contributed by atoms with Gasteiger partial charge in [0.25, 0.3) is 6.43 Å². The van der Waals surface area contributed by atoms with Crippen molar-refractivity contribution < 1.29 is 13.9 Å². The van der Waals surface area contributed by atoms with Crippen molar-refractivity contribution in [1.82, 2.24) is 10.2 Å². The van der Waals surface area contributed by atoms with Gasteiger partial charge in [-0.3, -0.25) is 4.90 Å². The second kappa shape index (κ2) is 9.96. The van der Waals surface area contributed by atoms with Crippen molar-refractivity contribution >= 4 is 72.6 Å². The Balaban J connectivity index is 0.00000220. The molecule has 0 unspecified atom stereocenters. The maximum Gasteiger partial charge on any atom is 0.258 e. The van der Waals surface area contributed by atoms with Crippen molar-refractivity contribution in [2.24, 2.45) is 0 Å². The Hall–Kier alpha value is 0.820. The van der Waals surface area contributed by atoms with E-state index in [-0.39, 0.29) is 30.6 Å². The number of nitrogens with zero attached hydrogens (tertiary/aromatic N) is 1. The highest BCUT2D eigenvalue weighted by molar-refractivity contribution is 9.11. The SMILES string of the molecule is Cl.Cl.Oc1c(Br)cc(Br)c([C@H](C(F)F)N2CCNCC2)c1Br. The first-order valence-electron chi connectivity index (χ1n) is 6.02. The summed E-state index contributed by atoms with van der Waals surface area (Å²) in [7, 11) is 0. The molecule has 0 radical (unpaired) electrons. The average Bonchev–Trinajstić information content (AvgIpc) is 2.41. The van der Waals surface area contributed by atoms with Crippen molar-refractivity contribution in [3.63, 3.8) is 0 Å². The molecule has 1 aromatic carbocycles. The highest BCUT2D eigenvalue weighted by Crippen LogP contribution is 2.45. The highest BCUT2D eigenvalue weighted by atomic mass is 79.9. The third-order valence-corrected chi connectivity index (χ3v) is 5.32. The Morgan fingerprint density at radius 2 is 1.64 bits per heavy atom. The van der Waals surface area contributed by atoms with Gasteiger partial charge in [0.15, 0.2) is 0 Å². The molecule has 1 atom stereocenters. The molecule has 10 heteroatoms. The number of nitrogens with one attached hydrogen (secondary N) is 1. The van der Waals surface area contributed by atoms with Crippen LogP contribution in [0, 0.1) is 0 Å². The van der Waals surface area contributed by atoms with Gasteiger partial charge in [0.1, 0.15) is 5.75 Å². The molecule has 0 amide bonds. The first kappa shape index (κ1) is 22.8. The summed E-state index contributed by atoms with van der Waals surface area (Å²) in [5.41, 5.74) is 0.377. The van der Waals surface area contributed by atoms with Crippen LogP contribution in [-0.4, -0.2) is 42.6 Å². The van der Waals surface area contributed by atoms with Gasteiger partial charge in [-0.25, -0.2) is 8.78 Å². The van der Waals surface area contributed by atoms with Crippen LogP contribution in [0.3, 0.4) is 0 Å². The lowest BCUT2D eigenvalue weighted by atomic mass is 10.0. The smallest absolute Gasteiger partial charge is 0.258 e. The maximum atomic E-state index is 13.6. The molecule has 0 aromatic heterocycles. The number of halogens is 7. The number of benzene rings is 1. The van der Waals surface area contributed by atoms with Crippen molar-refractivity contribution in [2.45, 2.75) is 12.5 Å². The molecule has 0 aliphatic carbocycles. The van der Waals surface area contributed by atoms with Crippen molar-refractivity contribution in [3.05, 3.63) is 25.0 Å². The average molecular weight is 552 g/mol. The van der Waals surface area contributed by atoms with Crippen LogP contribution in [0.2, 0.25) is 0 Å². The molecule has 3 nitrogen and oxygen atoms in total. The summed E-state index contributed by atoms with van der Waals surface area (Å²) in [5, 5.41) is 13.1. The number of alkyl halides is 2. The molecule has 2 N–H and O–H groups in total. The molecule has 2 rings (SSSR count). The van der Waals surface area contributed by atoms with E-state index in [1.165, 1.54) is 0 Å². The lowest BCUT2D eigenvalue weighted by Gasteiger charge is -2.35. The Bertz CT molecular complexity index is 506. The number of phenols is 1. The Kier molecular flexibility index (Phi) is 10.3. The van der Waals surface area contributed by atoms with Gasteiger partial charge in [-0.05, 0) is 37.9 Å². The zero-order chi connectivity index (χ0) is 14.9. The molecule has 1 aromatic rings. The van der Waals surface area contributed by atoms with Crippen LogP contribution >= 0.6 is 72.6 Å². The third-order valence-electron chi connectivity index (χ3n) is 3.26. The Morgan fingerprint density at radius 1 is 1.09 bits per heavy atom. The lowest BCUT2D eigenvalue weighted by Crippen LogP contribution is -2.47. The van der Waals surface area contributed by atoms with Crippen LogP contribution in [0.25, 0.3) is 0 Å². The van der Waals surface area contributed by atoms with Gasteiger partial charge in [-0.2, -0.15) is 0 Å². The lowest BCUT2D eigenvalue weighted by molar-refractivity contribution is 0.0174. The van der Waals surface area contributed by atoms with Gasteiger partial charge in [-0.1, -0.05) is 15.9 Å². The summed E-state index contributed by atoms with van der Waals surface area (Å²) in [6.45, 7) is 2.46. The number of rotatable bonds is 3. The van der Waals surface area contributed by atoms with Gasteiger partial charge in [0.2, 0.25) is 0 Å². The van der Waals surface area contributed by atoms with Gasteiger partial charge < -0.3 is 10.4 Å². The standard InChI is InChI=1S/C12H13Br3F2N2O.2ClH/c13-6-5-7(14)11(20)9(15)8(6)10(12(16)17)19-3-1-18-2-4-19;;/h5,10,12,18,20H,1-4H2;2*1H/t10-;;/m1../s1. The Morgan fingerprint density at radius 3 is 2.14 bits per heavy atom. The van der Waals surface area contributed by atoms with E-state index in [0.717, 1.165) is 0 Å². The summed E-state index contributed by atoms with van der Waals surface area (Å²) in [4.78, 5) is 1.74. The van der Waals surface area contributed by atoms with E-state index in [4.69, 9.17) is 0 Å². The van der Waals surface area contributed by atoms with E-state index in [2.05, 4.69) is 53.1 Å². The summed E-state index contributed by atoms with van der Waals surface area (Å²) < 4.78 is 28.4. The monoisotopic (exact) mass is 548 g/mol. The van der Waals surface area contributed by atoms with E-state index in [1.54, 1.807) is 11.0 Å². The summed E-state index contributed by atoms with van der Waals surface area (Å²) >= 11 is 9.74. The highest BCUT2D eigenvalue weighted by Gasteiger charge is 2.34. The first-order chi connectivity index (χ1) is 9.43. The minimum atomic E-state index is -2.54. The fraction of sp³-hybridized carbons (Fsp3) is 0.500. The van der Waals surface area contributed by atoms with Crippen LogP contribution in [-0.2, 0) is 0 Å². The fourth-order valence-corrected chi connectivity index (χ4v) is 4.88. The van der Waals surface area contributed by atoms with Crippen LogP contribution in [0.5, 0.6) is 5.75 Å². The van der Waals surface area contributed by atoms with Crippen LogP contribution in [0.1, 0.15) is 11.6 Å². The molecule has 128 valence electrons. The molecule has 0 bridgehead atoms. The summed E-state index contributed by atoms with van der Waals surface area (Å²) in [5.74, 6) is -0.0658. The zero-order valence-electron chi connectivity index (χ0n) is 11.2. The van der Waals surface area contributed by atoms with E-state index in [1.807, 2.05) is 0 Å². The summed E-state index contributed by atoms with van der Waals surface area (Å²) in [6, 6.07) is 0.535. The first-order valence-corrected chi connectivity index (χ1v) is 8.40. The van der Waals surface area contributed by atoms with E-state index in [9.17, 15) is 13.9 Å². The third kappa shape index (κ3) is 4.91. The van der Waals surface area contributed by atoms with Gasteiger partial charge >= 0.3 is 0 Å². The predicted molar refractivity (Wildman–Crippen MR) is 98.9 cm³/mol. The van der Waals surface area contributed by atoms with Crippen LogP contribution in [0.15, 0.2) is 19.5 Å². The molecule has 22 heavy (non-hydrogen) atoms. The molecule has 1 aliphatic rings. The van der Waals surface area contributed by atoms with Crippen molar-refractivity contribution in [3.8, 4) is 5.75 Å². The van der Waals surface area contributed by atoms with E-state index < -0.39 is 12.5 Å². The fourth-order valence-electron chi connectivity index (χ4n) is 2.29. The van der Waals surface area contributed by atoms with Gasteiger partial charge in [0, 0.05) is 36.2 Å². The predicted octanol–water partition coefficient (Wildman–Crippen LogP) is 4.73. The van der Waals surface area contributed by atoms with Gasteiger partial charge in [0.05, 0.1) is 15.0 Å². The molecule has 1 fully saturated rings. The number of piperazine rings is 1. The minimum Gasteiger partial charge on any atom is -0.506 e. The molecule has 0 saturated carbocycles. The summed E-state index contributed by atoms with van der Waals surface area (Å²) in [6.07, 6.45) is -2.54. The molecular weight excluding hydrogens is 537 g/mol. The number of hydrogen-bond acceptors (Lipinski definition) is 3. The molecule has 1 heterocycles. The molecule has 0 spiro atoms. The van der Waals surface area contributed by atoms with Crippen molar-refractivity contribution in [1.29, 1.82) is 0 Å². The Labute approximate surface area is 165 Å². The second-order valence-corrected chi connectivity index (χ2v) is 6.98. The number of hydrogen-bond donors (Lipinski definition) is 2. The van der Waals surface area contributed by atoms with Gasteiger partial charge in [-0.15, -0.1) is 24.8 Å². The number of aromatic hydroxyl groups is 1. The number of phenolic OH excluding ortho intramolecular Hbond substituents is 1. The maximum absolute atomic E-state index is 13.6. The van der Waals surface area contributed by atoms with Crippen molar-refractivity contribution in [2.75, 3.05) is 26.2 Å². The second-order valence-electron chi connectivity index (χ2n) is 4.48. The largest absolute Gasteiger partial charge is 0.506 e. The topological polar surface area (TPSA) is 35.5 Å². The van der Waals surface area contributed by atoms with Crippen LogP contribution < -0.4 is 5.32 Å².